The molecule has 0 saturated heterocycles. The van der Waals surface area contributed by atoms with Crippen LogP contribution in [-0.4, -0.2) is 47.7 Å². The van der Waals surface area contributed by atoms with Crippen molar-refractivity contribution >= 4 is 23.9 Å². The summed E-state index contributed by atoms with van der Waals surface area (Å²) in [5, 5.41) is 14.3. The second kappa shape index (κ2) is 12.5. The van der Waals surface area contributed by atoms with Gasteiger partial charge in [0.2, 0.25) is 5.91 Å². The highest BCUT2D eigenvalue weighted by molar-refractivity contribution is 5.89. The molecule has 0 aliphatic carbocycles. The smallest absolute Gasteiger partial charge is 0.408 e. The van der Waals surface area contributed by atoms with Crippen LogP contribution in [0.5, 0.6) is 0 Å². The number of amides is 2. The van der Waals surface area contributed by atoms with E-state index in [4.69, 9.17) is 9.47 Å². The van der Waals surface area contributed by atoms with Crippen LogP contribution in [0, 0.1) is 11.8 Å². The van der Waals surface area contributed by atoms with Gasteiger partial charge in [0.15, 0.2) is 0 Å². The zero-order valence-corrected chi connectivity index (χ0v) is 17.7. The first-order valence-electron chi connectivity index (χ1n) is 9.82. The van der Waals surface area contributed by atoms with Gasteiger partial charge in [-0.05, 0) is 24.8 Å². The summed E-state index contributed by atoms with van der Waals surface area (Å²) in [6.45, 7) is 6.80. The molecule has 0 aliphatic heterocycles. The van der Waals surface area contributed by atoms with Gasteiger partial charge in [0.05, 0.1) is 12.5 Å². The van der Waals surface area contributed by atoms with E-state index in [2.05, 4.69) is 10.6 Å². The van der Waals surface area contributed by atoms with Gasteiger partial charge in [0, 0.05) is 0 Å². The van der Waals surface area contributed by atoms with Gasteiger partial charge in [-0.15, -0.1) is 0 Å². The first kappa shape index (κ1) is 24.9. The summed E-state index contributed by atoms with van der Waals surface area (Å²) in [6, 6.07) is 6.73. The maximum absolute atomic E-state index is 12.6. The lowest BCUT2D eigenvalue weighted by atomic mass is 9.99. The van der Waals surface area contributed by atoms with Gasteiger partial charge in [-0.2, -0.15) is 0 Å². The first-order valence-corrected chi connectivity index (χ1v) is 9.82. The van der Waals surface area contributed by atoms with E-state index in [1.54, 1.807) is 32.9 Å². The Kier molecular flexibility index (Phi) is 10.4. The molecule has 0 saturated carbocycles. The predicted octanol–water partition coefficient (Wildman–Crippen LogP) is 2.10. The molecule has 0 aromatic heterocycles. The predicted molar refractivity (Wildman–Crippen MR) is 108 cm³/mol. The number of hydrogen-bond donors (Lipinski definition) is 3. The van der Waals surface area contributed by atoms with E-state index in [1.807, 2.05) is 18.2 Å². The Balaban J connectivity index is 2.70. The summed E-state index contributed by atoms with van der Waals surface area (Å²) in [5.74, 6) is -3.54. The van der Waals surface area contributed by atoms with Crippen molar-refractivity contribution in [2.45, 2.75) is 52.8 Å². The maximum Gasteiger partial charge on any atom is 0.408 e. The monoisotopic (exact) mass is 422 g/mol. The Morgan fingerprint density at radius 1 is 1.00 bits per heavy atom. The minimum Gasteiger partial charge on any atom is -0.480 e. The van der Waals surface area contributed by atoms with Crippen molar-refractivity contribution in [2.24, 2.45) is 11.8 Å². The molecule has 9 nitrogen and oxygen atoms in total. The summed E-state index contributed by atoms with van der Waals surface area (Å²) in [7, 11) is 0. The van der Waals surface area contributed by atoms with Gasteiger partial charge in [0.25, 0.3) is 0 Å². The molecular formula is C21H30N2O7. The van der Waals surface area contributed by atoms with Crippen LogP contribution in [0.25, 0.3) is 0 Å². The van der Waals surface area contributed by atoms with Crippen molar-refractivity contribution in [3.63, 3.8) is 0 Å². The minimum atomic E-state index is -1.31. The highest BCUT2D eigenvalue weighted by Crippen LogP contribution is 2.11. The number of ether oxygens (including phenoxy) is 2. The van der Waals surface area contributed by atoms with Crippen molar-refractivity contribution in [1.29, 1.82) is 0 Å². The van der Waals surface area contributed by atoms with Crippen LogP contribution in [0.3, 0.4) is 0 Å². The average Bonchev–Trinajstić information content (AvgIpc) is 2.70. The van der Waals surface area contributed by atoms with E-state index in [0.717, 1.165) is 5.56 Å². The van der Waals surface area contributed by atoms with E-state index >= 15 is 0 Å². The number of esters is 1. The number of carbonyl (C=O) groups is 4. The van der Waals surface area contributed by atoms with Crippen LogP contribution in [0.2, 0.25) is 0 Å². The van der Waals surface area contributed by atoms with Crippen LogP contribution in [0.15, 0.2) is 30.3 Å². The first-order chi connectivity index (χ1) is 14.1. The maximum atomic E-state index is 12.6. The quantitative estimate of drug-likeness (QED) is 0.465. The standard InChI is InChI=1S/C21H30N2O7/c1-5-29-20(27)14(4)11-16(19(25)26)22-18(24)17(13(2)3)23-21(28)30-12-15-9-7-6-8-10-15/h6-10,13-14,16-17H,5,11-12H2,1-4H3,(H,22,24)(H,23,28)(H,25,26)/t14-,16-,17+/m1/s1. The number of hydrogen-bond acceptors (Lipinski definition) is 6. The number of carboxylic acids is 1. The van der Waals surface area contributed by atoms with Gasteiger partial charge in [-0.1, -0.05) is 51.1 Å². The third-order valence-electron chi connectivity index (χ3n) is 4.33. The second-order valence-electron chi connectivity index (χ2n) is 7.22. The van der Waals surface area contributed by atoms with Crippen molar-refractivity contribution in [3.05, 3.63) is 35.9 Å². The summed E-state index contributed by atoms with van der Waals surface area (Å²) in [4.78, 5) is 48.0. The Hall–Kier alpha value is -3.10. The van der Waals surface area contributed by atoms with E-state index in [-0.39, 0.29) is 25.6 Å². The Morgan fingerprint density at radius 3 is 2.17 bits per heavy atom. The van der Waals surface area contributed by atoms with Crippen molar-refractivity contribution < 1.29 is 33.8 Å². The summed E-state index contributed by atoms with van der Waals surface area (Å²) >= 11 is 0. The number of nitrogens with one attached hydrogen (secondary N) is 2. The van der Waals surface area contributed by atoms with Gasteiger partial charge in [0.1, 0.15) is 18.7 Å². The van der Waals surface area contributed by atoms with E-state index in [9.17, 15) is 24.3 Å². The largest absolute Gasteiger partial charge is 0.480 e. The lowest BCUT2D eigenvalue weighted by Gasteiger charge is -2.24. The fraction of sp³-hybridized carbons (Fsp3) is 0.524. The molecule has 2 amide bonds. The molecule has 0 radical (unpaired) electrons. The second-order valence-corrected chi connectivity index (χ2v) is 7.22. The average molecular weight is 422 g/mol. The van der Waals surface area contributed by atoms with Crippen LogP contribution >= 0.6 is 0 Å². The molecule has 1 aromatic carbocycles. The Labute approximate surface area is 176 Å². The van der Waals surface area contributed by atoms with Crippen LogP contribution < -0.4 is 10.6 Å². The molecule has 3 N–H and O–H groups in total. The van der Waals surface area contributed by atoms with Crippen molar-refractivity contribution in [2.75, 3.05) is 6.61 Å². The third kappa shape index (κ3) is 8.50. The fourth-order valence-electron chi connectivity index (χ4n) is 2.64. The Bertz CT molecular complexity index is 721. The SMILES string of the molecule is CCOC(=O)[C@H](C)C[C@@H](NC(=O)[C@@H](NC(=O)OCc1ccccc1)C(C)C)C(=O)O. The number of carbonyl (C=O) groups excluding carboxylic acids is 3. The van der Waals surface area contributed by atoms with Crippen molar-refractivity contribution in [1.82, 2.24) is 10.6 Å². The van der Waals surface area contributed by atoms with Crippen LogP contribution in [-0.2, 0) is 30.5 Å². The molecule has 0 fully saturated rings. The Morgan fingerprint density at radius 2 is 1.63 bits per heavy atom. The van der Waals surface area contributed by atoms with Gasteiger partial charge in [-0.3, -0.25) is 9.59 Å². The molecule has 1 aromatic rings. The molecule has 3 atom stereocenters. The molecule has 30 heavy (non-hydrogen) atoms. The minimum absolute atomic E-state index is 0.0356. The normalized spacial score (nSPS) is 13.6. The number of aliphatic carboxylic acids is 1. The molecule has 0 heterocycles. The molecule has 0 bridgehead atoms. The lowest BCUT2D eigenvalue weighted by molar-refractivity contribution is -0.149. The topological polar surface area (TPSA) is 131 Å². The lowest BCUT2D eigenvalue weighted by Crippen LogP contribution is -2.54. The van der Waals surface area contributed by atoms with Crippen LogP contribution in [0.1, 0.15) is 39.7 Å². The molecule has 9 heteroatoms. The molecule has 1 rings (SSSR count). The summed E-state index contributed by atoms with van der Waals surface area (Å²) in [5.41, 5.74) is 0.789. The van der Waals surface area contributed by atoms with Crippen LogP contribution in [0.4, 0.5) is 4.79 Å². The number of benzene rings is 1. The van der Waals surface area contributed by atoms with E-state index < -0.39 is 41.9 Å². The van der Waals surface area contributed by atoms with Gasteiger partial charge < -0.3 is 25.2 Å². The molecule has 0 unspecified atom stereocenters. The van der Waals surface area contributed by atoms with E-state index in [1.165, 1.54) is 6.92 Å². The number of alkyl carbamates (subject to hydrolysis) is 1. The van der Waals surface area contributed by atoms with Gasteiger partial charge in [-0.25, -0.2) is 9.59 Å². The molecule has 0 aliphatic rings. The van der Waals surface area contributed by atoms with Gasteiger partial charge >= 0.3 is 18.0 Å². The van der Waals surface area contributed by atoms with E-state index in [0.29, 0.717) is 0 Å². The zero-order chi connectivity index (χ0) is 22.7. The molecule has 0 spiro atoms. The number of rotatable bonds is 11. The van der Waals surface area contributed by atoms with Crippen molar-refractivity contribution in [3.8, 4) is 0 Å². The third-order valence-corrected chi connectivity index (χ3v) is 4.33. The fourth-order valence-corrected chi connectivity index (χ4v) is 2.64. The molecule has 166 valence electrons. The number of carboxylic acid groups (broad SMARTS) is 1. The zero-order valence-electron chi connectivity index (χ0n) is 17.7. The highest BCUT2D eigenvalue weighted by atomic mass is 16.5. The highest BCUT2D eigenvalue weighted by Gasteiger charge is 2.31. The summed E-state index contributed by atoms with van der Waals surface area (Å²) in [6.07, 6.45) is -0.928. The summed E-state index contributed by atoms with van der Waals surface area (Å²) < 4.78 is 10.00. The molecular weight excluding hydrogens is 392 g/mol.